The fourth-order valence-electron chi connectivity index (χ4n) is 2.02. The lowest BCUT2D eigenvalue weighted by Crippen LogP contribution is -2.07. The summed E-state index contributed by atoms with van der Waals surface area (Å²) in [6, 6.07) is 19.8. The lowest BCUT2D eigenvalue weighted by Gasteiger charge is -2.12. The largest absolute Gasteiger partial charge is 0.378 e. The summed E-state index contributed by atoms with van der Waals surface area (Å²) in [7, 11) is 4.03. The Bertz CT molecular complexity index is 726. The van der Waals surface area contributed by atoms with Crippen LogP contribution in [0, 0.1) is 22.7 Å². The van der Waals surface area contributed by atoms with Gasteiger partial charge in [-0.1, -0.05) is 36.4 Å². The van der Waals surface area contributed by atoms with Gasteiger partial charge < -0.3 is 4.90 Å². The zero-order valence-corrected chi connectivity index (χ0v) is 12.6. The number of nitriles is 2. The molecular weight excluding hydrogens is 272 g/mol. The fraction of sp³-hybridized carbons (Fsp3) is 0.167. The molecule has 22 heavy (non-hydrogen) atoms. The van der Waals surface area contributed by atoms with Crippen molar-refractivity contribution < 1.29 is 0 Å². The normalized spacial score (nSPS) is 9.45. The minimum absolute atomic E-state index is 0.0941. The number of aliphatic imine (C=N–C) groups is 1. The Morgan fingerprint density at radius 2 is 1.41 bits per heavy atom. The van der Waals surface area contributed by atoms with Crippen molar-refractivity contribution in [2.75, 3.05) is 19.0 Å². The molecule has 0 spiro atoms. The highest BCUT2D eigenvalue weighted by Gasteiger charge is 2.00. The zero-order valence-electron chi connectivity index (χ0n) is 12.6. The van der Waals surface area contributed by atoms with Gasteiger partial charge in [0, 0.05) is 19.8 Å². The standard InChI is InChI=1S/C18H16N4/c1-22(2)18-9-7-16(8-10-18)15-5-3-14(4-6-15)13-21-17(11-19)12-20/h3-10H,13H2,1-2H3. The van der Waals surface area contributed by atoms with E-state index in [0.717, 1.165) is 22.4 Å². The highest BCUT2D eigenvalue weighted by molar-refractivity contribution is 6.10. The van der Waals surface area contributed by atoms with Crippen molar-refractivity contribution in [2.45, 2.75) is 6.54 Å². The van der Waals surface area contributed by atoms with Gasteiger partial charge in [-0.3, -0.25) is 4.99 Å². The van der Waals surface area contributed by atoms with E-state index >= 15 is 0 Å². The van der Waals surface area contributed by atoms with Crippen LogP contribution in [0.15, 0.2) is 53.5 Å². The second kappa shape index (κ2) is 7.06. The number of nitrogens with zero attached hydrogens (tertiary/aromatic N) is 4. The molecule has 0 unspecified atom stereocenters. The van der Waals surface area contributed by atoms with Crippen molar-refractivity contribution in [2.24, 2.45) is 4.99 Å². The Morgan fingerprint density at radius 3 is 1.86 bits per heavy atom. The SMILES string of the molecule is CN(C)c1ccc(-c2ccc(CN=C(C#N)C#N)cc2)cc1. The Labute approximate surface area is 130 Å². The number of benzene rings is 2. The molecule has 0 atom stereocenters. The third-order valence-corrected chi connectivity index (χ3v) is 3.30. The molecule has 2 aromatic rings. The van der Waals surface area contributed by atoms with Crippen LogP contribution in [0.2, 0.25) is 0 Å². The molecule has 0 aliphatic carbocycles. The first-order valence-corrected chi connectivity index (χ1v) is 6.85. The van der Waals surface area contributed by atoms with Gasteiger partial charge >= 0.3 is 0 Å². The Morgan fingerprint density at radius 1 is 0.909 bits per heavy atom. The van der Waals surface area contributed by atoms with E-state index in [-0.39, 0.29) is 5.71 Å². The van der Waals surface area contributed by atoms with Crippen LogP contribution in [-0.2, 0) is 6.54 Å². The van der Waals surface area contributed by atoms with Gasteiger partial charge in [-0.2, -0.15) is 10.5 Å². The van der Waals surface area contributed by atoms with Crippen LogP contribution in [0.3, 0.4) is 0 Å². The van der Waals surface area contributed by atoms with Gasteiger partial charge in [0.1, 0.15) is 12.1 Å². The molecule has 4 nitrogen and oxygen atoms in total. The van der Waals surface area contributed by atoms with Crippen LogP contribution in [0.25, 0.3) is 11.1 Å². The van der Waals surface area contributed by atoms with Crippen LogP contribution in [0.4, 0.5) is 5.69 Å². The van der Waals surface area contributed by atoms with Crippen molar-refractivity contribution in [1.29, 1.82) is 10.5 Å². The molecule has 0 fully saturated rings. The molecule has 0 aliphatic heterocycles. The average molecular weight is 288 g/mol. The molecule has 2 aromatic carbocycles. The molecule has 108 valence electrons. The minimum atomic E-state index is -0.0941. The first-order valence-electron chi connectivity index (χ1n) is 6.85. The summed E-state index contributed by atoms with van der Waals surface area (Å²) in [5.41, 5.74) is 4.31. The third kappa shape index (κ3) is 3.71. The quantitative estimate of drug-likeness (QED) is 0.810. The molecule has 0 radical (unpaired) electrons. The highest BCUT2D eigenvalue weighted by Crippen LogP contribution is 2.23. The molecule has 0 saturated carbocycles. The molecular formula is C18H16N4. The summed E-state index contributed by atoms with van der Waals surface area (Å²) in [5.74, 6) is 0. The van der Waals surface area contributed by atoms with Crippen molar-refractivity contribution in [3.8, 4) is 23.3 Å². The molecule has 0 aliphatic rings. The van der Waals surface area contributed by atoms with Crippen LogP contribution in [0.1, 0.15) is 5.56 Å². The Balaban J connectivity index is 2.14. The molecule has 2 rings (SSSR count). The van der Waals surface area contributed by atoms with Gasteiger partial charge in [-0.15, -0.1) is 0 Å². The summed E-state index contributed by atoms with van der Waals surface area (Å²) in [6.07, 6.45) is 0. The number of anilines is 1. The minimum Gasteiger partial charge on any atom is -0.378 e. The van der Waals surface area contributed by atoms with Crippen molar-refractivity contribution in [3.05, 3.63) is 54.1 Å². The average Bonchev–Trinajstić information content (AvgIpc) is 2.56. The van der Waals surface area contributed by atoms with E-state index in [0.29, 0.717) is 6.54 Å². The summed E-state index contributed by atoms with van der Waals surface area (Å²) in [6.45, 7) is 0.344. The van der Waals surface area contributed by atoms with Gasteiger partial charge in [-0.25, -0.2) is 0 Å². The number of rotatable bonds is 4. The van der Waals surface area contributed by atoms with E-state index < -0.39 is 0 Å². The topological polar surface area (TPSA) is 63.2 Å². The summed E-state index contributed by atoms with van der Waals surface area (Å²) in [5, 5.41) is 17.3. The van der Waals surface area contributed by atoms with E-state index in [4.69, 9.17) is 10.5 Å². The molecule has 0 aromatic heterocycles. The summed E-state index contributed by atoms with van der Waals surface area (Å²) < 4.78 is 0. The van der Waals surface area contributed by atoms with E-state index in [9.17, 15) is 0 Å². The first kappa shape index (κ1) is 15.3. The van der Waals surface area contributed by atoms with Crippen LogP contribution in [0.5, 0.6) is 0 Å². The van der Waals surface area contributed by atoms with E-state index in [1.54, 1.807) is 12.1 Å². The molecule has 4 heteroatoms. The number of hydrogen-bond donors (Lipinski definition) is 0. The maximum atomic E-state index is 8.65. The maximum Gasteiger partial charge on any atom is 0.213 e. The molecule has 0 amide bonds. The van der Waals surface area contributed by atoms with Crippen LogP contribution >= 0.6 is 0 Å². The second-order valence-corrected chi connectivity index (χ2v) is 5.03. The Kier molecular flexibility index (Phi) is 4.90. The predicted molar refractivity (Wildman–Crippen MR) is 88.6 cm³/mol. The Hall–Kier alpha value is -3.11. The van der Waals surface area contributed by atoms with Gasteiger partial charge in [0.2, 0.25) is 5.71 Å². The van der Waals surface area contributed by atoms with Gasteiger partial charge in [-0.05, 0) is 28.8 Å². The van der Waals surface area contributed by atoms with Gasteiger partial charge in [0.25, 0.3) is 0 Å². The summed E-state index contributed by atoms with van der Waals surface area (Å²) >= 11 is 0. The monoisotopic (exact) mass is 288 g/mol. The number of hydrogen-bond acceptors (Lipinski definition) is 4. The van der Waals surface area contributed by atoms with Crippen LogP contribution in [-0.4, -0.2) is 19.8 Å². The fourth-order valence-corrected chi connectivity index (χ4v) is 2.02. The smallest absolute Gasteiger partial charge is 0.213 e. The zero-order chi connectivity index (χ0) is 15.9. The summed E-state index contributed by atoms with van der Waals surface area (Å²) in [4.78, 5) is 6.02. The van der Waals surface area contributed by atoms with Crippen molar-refractivity contribution >= 4 is 11.4 Å². The van der Waals surface area contributed by atoms with E-state index in [1.807, 2.05) is 38.4 Å². The molecule has 0 bridgehead atoms. The highest BCUT2D eigenvalue weighted by atomic mass is 15.1. The molecule has 0 heterocycles. The van der Waals surface area contributed by atoms with Gasteiger partial charge in [0.05, 0.1) is 6.54 Å². The third-order valence-electron chi connectivity index (χ3n) is 3.30. The lowest BCUT2D eigenvalue weighted by molar-refractivity contribution is 1.07. The van der Waals surface area contributed by atoms with Crippen molar-refractivity contribution in [1.82, 2.24) is 0 Å². The predicted octanol–water partition coefficient (Wildman–Crippen LogP) is 3.41. The van der Waals surface area contributed by atoms with Crippen LogP contribution < -0.4 is 4.90 Å². The lowest BCUT2D eigenvalue weighted by atomic mass is 10.0. The van der Waals surface area contributed by atoms with E-state index in [2.05, 4.69) is 34.2 Å². The first-order chi connectivity index (χ1) is 10.6. The molecule has 0 N–H and O–H groups in total. The van der Waals surface area contributed by atoms with E-state index in [1.165, 1.54) is 0 Å². The maximum absolute atomic E-state index is 8.65. The van der Waals surface area contributed by atoms with Crippen molar-refractivity contribution in [3.63, 3.8) is 0 Å². The molecule has 0 saturated heterocycles. The van der Waals surface area contributed by atoms with Gasteiger partial charge in [0.15, 0.2) is 0 Å². The second-order valence-electron chi connectivity index (χ2n) is 5.03.